The van der Waals surface area contributed by atoms with Crippen LogP contribution in [0.3, 0.4) is 0 Å². The first-order chi connectivity index (χ1) is 15.2. The summed E-state index contributed by atoms with van der Waals surface area (Å²) in [6, 6.07) is 23.5. The highest BCUT2D eigenvalue weighted by atomic mass is 35.5. The van der Waals surface area contributed by atoms with Crippen LogP contribution in [0, 0.1) is 0 Å². The maximum absolute atomic E-state index is 6.72. The van der Waals surface area contributed by atoms with Crippen LogP contribution in [0.1, 0.15) is 54.5 Å². The number of halogens is 2. The zero-order chi connectivity index (χ0) is 21.4. The van der Waals surface area contributed by atoms with Crippen molar-refractivity contribution in [1.82, 2.24) is 9.88 Å². The lowest BCUT2D eigenvalue weighted by Crippen LogP contribution is -2.45. The van der Waals surface area contributed by atoms with E-state index >= 15 is 0 Å². The molecule has 2 aliphatic rings. The van der Waals surface area contributed by atoms with Gasteiger partial charge in [0.05, 0.1) is 13.2 Å². The van der Waals surface area contributed by atoms with Gasteiger partial charge in [0.2, 0.25) is 5.88 Å². The fourth-order valence-electron chi connectivity index (χ4n) is 5.53. The number of nitrogens with zero attached hydrogens (tertiary/aromatic N) is 2. The third kappa shape index (κ3) is 3.95. The van der Waals surface area contributed by atoms with Crippen LogP contribution in [0.25, 0.3) is 0 Å². The summed E-state index contributed by atoms with van der Waals surface area (Å²) in [5.41, 5.74) is 3.40. The van der Waals surface area contributed by atoms with Gasteiger partial charge in [-0.05, 0) is 55.0 Å². The smallest absolute Gasteiger partial charge is 0.213 e. The summed E-state index contributed by atoms with van der Waals surface area (Å²) in [6.45, 7) is 0. The van der Waals surface area contributed by atoms with E-state index in [1.165, 1.54) is 12.8 Å². The molecule has 31 heavy (non-hydrogen) atoms. The van der Waals surface area contributed by atoms with Crippen molar-refractivity contribution < 1.29 is 4.74 Å². The lowest BCUT2D eigenvalue weighted by molar-refractivity contribution is 0.0925. The summed E-state index contributed by atoms with van der Waals surface area (Å²) < 4.78 is 5.37. The Hall–Kier alpha value is -2.07. The number of aromatic nitrogens is 1. The summed E-state index contributed by atoms with van der Waals surface area (Å²) in [4.78, 5) is 7.42. The molecular formula is C26H26Cl2N2O. The zero-order valence-corrected chi connectivity index (χ0v) is 19.1. The molecule has 1 unspecified atom stereocenters. The van der Waals surface area contributed by atoms with E-state index in [0.29, 0.717) is 23.9 Å². The number of hydrogen-bond donors (Lipinski definition) is 0. The topological polar surface area (TPSA) is 25.4 Å². The van der Waals surface area contributed by atoms with E-state index in [1.807, 2.05) is 36.4 Å². The standard InChI is InChI=1S/C26H26Cl2N2O/c1-31-25-12-6-11-24(29-25)17-15-18-13-14-19(16-17)30(18)26(20-7-2-4-9-22(20)27)21-8-3-5-10-23(21)28/h2-12,17-19,26H,13-16H2,1H3/t17?,18-,19+. The van der Waals surface area contributed by atoms with E-state index in [-0.39, 0.29) is 6.04 Å². The largest absolute Gasteiger partial charge is 0.481 e. The van der Waals surface area contributed by atoms with Gasteiger partial charge in [-0.15, -0.1) is 0 Å². The van der Waals surface area contributed by atoms with Crippen LogP contribution in [0.4, 0.5) is 0 Å². The van der Waals surface area contributed by atoms with E-state index in [9.17, 15) is 0 Å². The Morgan fingerprint density at radius 1 is 0.839 bits per heavy atom. The first-order valence-electron chi connectivity index (χ1n) is 10.9. The molecule has 3 heterocycles. The van der Waals surface area contributed by atoms with Gasteiger partial charge in [-0.25, -0.2) is 4.98 Å². The van der Waals surface area contributed by atoms with Crippen LogP contribution in [-0.2, 0) is 0 Å². The summed E-state index contributed by atoms with van der Waals surface area (Å²) in [5.74, 6) is 1.14. The van der Waals surface area contributed by atoms with Gasteiger partial charge in [-0.2, -0.15) is 0 Å². The maximum Gasteiger partial charge on any atom is 0.213 e. The van der Waals surface area contributed by atoms with Gasteiger partial charge in [0.1, 0.15) is 0 Å². The first-order valence-corrected chi connectivity index (χ1v) is 11.7. The Balaban J connectivity index is 1.52. The molecule has 2 bridgehead atoms. The number of fused-ring (bicyclic) bond motifs is 2. The Morgan fingerprint density at radius 3 is 1.97 bits per heavy atom. The predicted molar refractivity (Wildman–Crippen MR) is 126 cm³/mol. The van der Waals surface area contributed by atoms with Crippen molar-refractivity contribution in [3.8, 4) is 5.88 Å². The molecule has 0 radical (unpaired) electrons. The number of piperidine rings is 1. The molecule has 0 amide bonds. The van der Waals surface area contributed by atoms with Crippen molar-refractivity contribution in [2.45, 2.75) is 49.7 Å². The molecule has 5 rings (SSSR count). The minimum absolute atomic E-state index is 0.0547. The van der Waals surface area contributed by atoms with Gasteiger partial charge in [0.15, 0.2) is 0 Å². The molecule has 3 nitrogen and oxygen atoms in total. The minimum atomic E-state index is 0.0547. The zero-order valence-electron chi connectivity index (χ0n) is 17.5. The summed E-state index contributed by atoms with van der Waals surface area (Å²) in [6.07, 6.45) is 4.55. The average Bonchev–Trinajstić information content (AvgIpc) is 3.04. The highest BCUT2D eigenvalue weighted by Gasteiger charge is 2.46. The van der Waals surface area contributed by atoms with Crippen LogP contribution in [0.5, 0.6) is 5.88 Å². The Labute approximate surface area is 194 Å². The Kier molecular flexibility index (Phi) is 5.92. The number of benzene rings is 2. The fraction of sp³-hybridized carbons (Fsp3) is 0.346. The molecule has 5 heteroatoms. The molecule has 2 aliphatic heterocycles. The third-order valence-corrected chi connectivity index (χ3v) is 7.55. The molecule has 0 aliphatic carbocycles. The van der Waals surface area contributed by atoms with E-state index in [0.717, 1.165) is 39.7 Å². The lowest BCUT2D eigenvalue weighted by Gasteiger charge is -2.44. The molecule has 1 aromatic heterocycles. The average molecular weight is 453 g/mol. The van der Waals surface area contributed by atoms with Crippen molar-refractivity contribution >= 4 is 23.2 Å². The molecule has 0 saturated carbocycles. The van der Waals surface area contributed by atoms with E-state index < -0.39 is 0 Å². The van der Waals surface area contributed by atoms with Crippen molar-refractivity contribution in [3.05, 3.63) is 93.6 Å². The maximum atomic E-state index is 6.72. The van der Waals surface area contributed by atoms with Gasteiger partial charge >= 0.3 is 0 Å². The molecule has 0 spiro atoms. The Bertz CT molecular complexity index is 1010. The molecule has 3 atom stereocenters. The lowest BCUT2D eigenvalue weighted by atomic mass is 9.84. The minimum Gasteiger partial charge on any atom is -0.481 e. The van der Waals surface area contributed by atoms with Gasteiger partial charge in [0, 0.05) is 39.8 Å². The number of hydrogen-bond acceptors (Lipinski definition) is 3. The number of ether oxygens (including phenoxy) is 1. The van der Waals surface area contributed by atoms with Crippen LogP contribution in [0.2, 0.25) is 10.0 Å². The predicted octanol–water partition coefficient (Wildman–Crippen LogP) is 6.90. The highest BCUT2D eigenvalue weighted by molar-refractivity contribution is 6.32. The second-order valence-corrected chi connectivity index (χ2v) is 9.37. The summed E-state index contributed by atoms with van der Waals surface area (Å²) >= 11 is 13.4. The van der Waals surface area contributed by atoms with Gasteiger partial charge in [-0.3, -0.25) is 4.90 Å². The van der Waals surface area contributed by atoms with E-state index in [1.54, 1.807) is 7.11 Å². The van der Waals surface area contributed by atoms with Crippen LogP contribution < -0.4 is 4.74 Å². The highest BCUT2D eigenvalue weighted by Crippen LogP contribution is 2.50. The molecule has 0 N–H and O–H groups in total. The van der Waals surface area contributed by atoms with Crippen molar-refractivity contribution in [1.29, 1.82) is 0 Å². The number of pyridine rings is 1. The summed E-state index contributed by atoms with van der Waals surface area (Å²) in [5, 5.41) is 1.59. The first kappa shape index (κ1) is 20.8. The molecule has 160 valence electrons. The van der Waals surface area contributed by atoms with Gasteiger partial charge in [0.25, 0.3) is 0 Å². The van der Waals surface area contributed by atoms with Crippen molar-refractivity contribution in [2.75, 3.05) is 7.11 Å². The molecule has 2 saturated heterocycles. The van der Waals surface area contributed by atoms with Crippen molar-refractivity contribution in [3.63, 3.8) is 0 Å². The normalized spacial score (nSPS) is 23.3. The SMILES string of the molecule is COc1cccc(C2C[C@H]3CC[C@@H](C2)N3C(c2ccccc2Cl)c2ccccc2Cl)n1. The second kappa shape index (κ2) is 8.82. The number of methoxy groups -OCH3 is 1. The monoisotopic (exact) mass is 452 g/mol. The third-order valence-electron chi connectivity index (χ3n) is 6.86. The molecule has 2 fully saturated rings. The second-order valence-electron chi connectivity index (χ2n) is 8.55. The van der Waals surface area contributed by atoms with Crippen LogP contribution in [0.15, 0.2) is 66.7 Å². The Morgan fingerprint density at radius 2 is 1.42 bits per heavy atom. The molecule has 2 aromatic carbocycles. The van der Waals surface area contributed by atoms with Gasteiger partial charge in [-0.1, -0.05) is 65.7 Å². The number of rotatable bonds is 5. The van der Waals surface area contributed by atoms with Gasteiger partial charge < -0.3 is 4.74 Å². The molecular weight excluding hydrogens is 427 g/mol. The van der Waals surface area contributed by atoms with E-state index in [2.05, 4.69) is 35.2 Å². The van der Waals surface area contributed by atoms with Crippen LogP contribution in [-0.4, -0.2) is 29.1 Å². The van der Waals surface area contributed by atoms with E-state index in [4.69, 9.17) is 32.9 Å². The summed E-state index contributed by atoms with van der Waals surface area (Å²) in [7, 11) is 1.68. The fourth-order valence-corrected chi connectivity index (χ4v) is 6.01. The quantitative estimate of drug-likeness (QED) is 0.420. The molecule has 3 aromatic rings. The van der Waals surface area contributed by atoms with Crippen molar-refractivity contribution in [2.24, 2.45) is 0 Å². The van der Waals surface area contributed by atoms with Crippen LogP contribution >= 0.6 is 23.2 Å².